The first kappa shape index (κ1) is 18.7. The van der Waals surface area contributed by atoms with Crippen molar-refractivity contribution in [3.63, 3.8) is 0 Å². The fourth-order valence-electron chi connectivity index (χ4n) is 1.89. The largest absolute Gasteiger partial charge is 0.481 e. The van der Waals surface area contributed by atoms with Crippen molar-refractivity contribution in [1.29, 1.82) is 0 Å². The maximum Gasteiger partial charge on any atom is 0.303 e. The minimum atomic E-state index is -0.673. The normalized spacial score (nSPS) is 12.1. The first-order chi connectivity index (χ1) is 9.77. The maximum atomic E-state index is 10.3. The van der Waals surface area contributed by atoms with E-state index in [2.05, 4.69) is 43.4 Å². The molecule has 0 aromatic heterocycles. The van der Waals surface area contributed by atoms with Crippen LogP contribution in [0.15, 0.2) is 36.5 Å². The molecule has 0 fully saturated rings. The molecule has 0 bridgehead atoms. The second-order valence-electron chi connectivity index (χ2n) is 5.08. The predicted octanol–water partition coefficient (Wildman–Crippen LogP) is 5.66. The number of aliphatic carboxylic acids is 1. The van der Waals surface area contributed by atoms with Gasteiger partial charge in [0.15, 0.2) is 0 Å². The first-order valence-corrected chi connectivity index (χ1v) is 7.97. The molecule has 20 heavy (non-hydrogen) atoms. The van der Waals surface area contributed by atoms with E-state index in [1.165, 1.54) is 32.1 Å². The summed E-state index contributed by atoms with van der Waals surface area (Å²) in [6, 6.07) is 0. The van der Waals surface area contributed by atoms with Crippen LogP contribution in [0.25, 0.3) is 0 Å². The third-order valence-corrected chi connectivity index (χ3v) is 3.07. The molecule has 0 spiro atoms. The smallest absolute Gasteiger partial charge is 0.303 e. The van der Waals surface area contributed by atoms with E-state index in [-0.39, 0.29) is 0 Å². The van der Waals surface area contributed by atoms with Crippen LogP contribution in [-0.4, -0.2) is 11.1 Å². The number of allylic oxidation sites excluding steroid dienone is 6. The molecule has 0 saturated carbocycles. The highest BCUT2D eigenvalue weighted by molar-refractivity contribution is 5.66. The lowest BCUT2D eigenvalue weighted by Crippen LogP contribution is -1.93. The summed E-state index contributed by atoms with van der Waals surface area (Å²) < 4.78 is 0. The molecule has 0 heterocycles. The average Bonchev–Trinajstić information content (AvgIpc) is 2.43. The third kappa shape index (κ3) is 16.7. The molecular weight excluding hydrogens is 248 g/mol. The SMILES string of the molecule is CCCC=CC=CC=CCCCCCCCCC(=O)O. The van der Waals surface area contributed by atoms with Crippen LogP contribution in [0.4, 0.5) is 0 Å². The maximum absolute atomic E-state index is 10.3. The molecular formula is C18H30O2. The van der Waals surface area contributed by atoms with Gasteiger partial charge in [-0.1, -0.05) is 75.5 Å². The zero-order chi connectivity index (χ0) is 14.9. The van der Waals surface area contributed by atoms with Crippen molar-refractivity contribution >= 4 is 5.97 Å². The number of hydrogen-bond donors (Lipinski definition) is 1. The summed E-state index contributed by atoms with van der Waals surface area (Å²) in [5.74, 6) is -0.673. The summed E-state index contributed by atoms with van der Waals surface area (Å²) in [5.41, 5.74) is 0. The lowest BCUT2D eigenvalue weighted by atomic mass is 10.1. The first-order valence-electron chi connectivity index (χ1n) is 7.97. The van der Waals surface area contributed by atoms with Gasteiger partial charge in [-0.15, -0.1) is 0 Å². The number of unbranched alkanes of at least 4 members (excludes halogenated alkanes) is 7. The lowest BCUT2D eigenvalue weighted by molar-refractivity contribution is -0.137. The van der Waals surface area contributed by atoms with Crippen molar-refractivity contribution in [1.82, 2.24) is 0 Å². The van der Waals surface area contributed by atoms with Crippen LogP contribution in [0.5, 0.6) is 0 Å². The molecule has 2 nitrogen and oxygen atoms in total. The van der Waals surface area contributed by atoms with Gasteiger partial charge in [-0.25, -0.2) is 0 Å². The minimum Gasteiger partial charge on any atom is -0.481 e. The molecule has 114 valence electrons. The summed E-state index contributed by atoms with van der Waals surface area (Å²) in [6.45, 7) is 2.18. The molecule has 0 rings (SSSR count). The van der Waals surface area contributed by atoms with Gasteiger partial charge in [0.1, 0.15) is 0 Å². The van der Waals surface area contributed by atoms with Crippen LogP contribution < -0.4 is 0 Å². The van der Waals surface area contributed by atoms with E-state index < -0.39 is 5.97 Å². The summed E-state index contributed by atoms with van der Waals surface area (Å²) in [4.78, 5) is 10.3. The van der Waals surface area contributed by atoms with Gasteiger partial charge in [0.25, 0.3) is 0 Å². The minimum absolute atomic E-state index is 0.321. The zero-order valence-corrected chi connectivity index (χ0v) is 12.9. The van der Waals surface area contributed by atoms with E-state index in [9.17, 15) is 4.79 Å². The summed E-state index contributed by atoms with van der Waals surface area (Å²) in [7, 11) is 0. The zero-order valence-electron chi connectivity index (χ0n) is 12.9. The van der Waals surface area contributed by atoms with Crippen LogP contribution >= 0.6 is 0 Å². The molecule has 0 aliphatic heterocycles. The topological polar surface area (TPSA) is 37.3 Å². The van der Waals surface area contributed by atoms with E-state index in [4.69, 9.17) is 5.11 Å². The van der Waals surface area contributed by atoms with Crippen LogP contribution in [0.3, 0.4) is 0 Å². The van der Waals surface area contributed by atoms with Gasteiger partial charge in [0.05, 0.1) is 0 Å². The van der Waals surface area contributed by atoms with Crippen LogP contribution in [-0.2, 0) is 4.79 Å². The van der Waals surface area contributed by atoms with Gasteiger partial charge in [-0.2, -0.15) is 0 Å². The van der Waals surface area contributed by atoms with Gasteiger partial charge in [-0.05, 0) is 25.7 Å². The number of rotatable bonds is 13. The molecule has 0 amide bonds. The van der Waals surface area contributed by atoms with Crippen LogP contribution in [0, 0.1) is 0 Å². The van der Waals surface area contributed by atoms with Crippen molar-refractivity contribution in [3.8, 4) is 0 Å². The van der Waals surface area contributed by atoms with E-state index in [1.54, 1.807) is 0 Å². The van der Waals surface area contributed by atoms with Crippen molar-refractivity contribution in [2.75, 3.05) is 0 Å². The van der Waals surface area contributed by atoms with Crippen LogP contribution in [0.1, 0.15) is 71.1 Å². The molecule has 0 aliphatic carbocycles. The summed E-state index contributed by atoms with van der Waals surface area (Å²) in [5, 5.41) is 8.50. The quantitative estimate of drug-likeness (QED) is 0.348. The average molecular weight is 278 g/mol. The van der Waals surface area contributed by atoms with Crippen molar-refractivity contribution in [2.24, 2.45) is 0 Å². The van der Waals surface area contributed by atoms with E-state index in [0.717, 1.165) is 25.7 Å². The van der Waals surface area contributed by atoms with Gasteiger partial charge >= 0.3 is 5.97 Å². The Morgan fingerprint density at radius 3 is 1.95 bits per heavy atom. The van der Waals surface area contributed by atoms with Gasteiger partial charge < -0.3 is 5.11 Å². The Bertz CT molecular complexity index is 301. The highest BCUT2D eigenvalue weighted by Crippen LogP contribution is 2.08. The predicted molar refractivity (Wildman–Crippen MR) is 86.9 cm³/mol. The second kappa shape index (κ2) is 15.7. The Balaban J connectivity index is 3.25. The Morgan fingerprint density at radius 1 is 0.800 bits per heavy atom. The van der Waals surface area contributed by atoms with Crippen molar-refractivity contribution in [3.05, 3.63) is 36.5 Å². The molecule has 0 unspecified atom stereocenters. The fraction of sp³-hybridized carbons (Fsp3) is 0.611. The Kier molecular flexibility index (Phi) is 14.7. The molecule has 0 atom stereocenters. The van der Waals surface area contributed by atoms with E-state index in [0.29, 0.717) is 6.42 Å². The Labute approximate surface area is 124 Å². The van der Waals surface area contributed by atoms with Gasteiger partial charge in [-0.3, -0.25) is 4.79 Å². The van der Waals surface area contributed by atoms with Gasteiger partial charge in [0.2, 0.25) is 0 Å². The fourth-order valence-corrected chi connectivity index (χ4v) is 1.89. The highest BCUT2D eigenvalue weighted by atomic mass is 16.4. The van der Waals surface area contributed by atoms with Crippen LogP contribution in [0.2, 0.25) is 0 Å². The third-order valence-electron chi connectivity index (χ3n) is 3.07. The van der Waals surface area contributed by atoms with Gasteiger partial charge in [0, 0.05) is 6.42 Å². The molecule has 0 radical (unpaired) electrons. The molecule has 2 heteroatoms. The Morgan fingerprint density at radius 2 is 1.35 bits per heavy atom. The number of hydrogen-bond acceptors (Lipinski definition) is 1. The summed E-state index contributed by atoms with van der Waals surface area (Å²) in [6.07, 6.45) is 23.3. The lowest BCUT2D eigenvalue weighted by Gasteiger charge is -1.99. The van der Waals surface area contributed by atoms with E-state index >= 15 is 0 Å². The summed E-state index contributed by atoms with van der Waals surface area (Å²) >= 11 is 0. The molecule has 0 aromatic carbocycles. The number of carboxylic acids is 1. The Hall–Kier alpha value is -1.31. The van der Waals surface area contributed by atoms with Crippen molar-refractivity contribution in [2.45, 2.75) is 71.1 Å². The number of carboxylic acid groups (broad SMARTS) is 1. The molecule has 1 N–H and O–H groups in total. The second-order valence-corrected chi connectivity index (χ2v) is 5.08. The number of carbonyl (C=O) groups is 1. The molecule has 0 aliphatic rings. The molecule has 0 aromatic rings. The standard InChI is InChI=1S/C18H30O2/c1-2-3-4-5-6-7-8-9-10-11-12-13-14-15-16-17-18(19)20/h4-9H,2-3,10-17H2,1H3,(H,19,20). The van der Waals surface area contributed by atoms with Crippen molar-refractivity contribution < 1.29 is 9.90 Å². The van der Waals surface area contributed by atoms with E-state index in [1.807, 2.05) is 0 Å². The molecule has 0 saturated heterocycles. The monoisotopic (exact) mass is 278 g/mol. The highest BCUT2D eigenvalue weighted by Gasteiger charge is 1.95.